The lowest BCUT2D eigenvalue weighted by atomic mass is 10.1. The number of carbonyl (C=O) groups is 1. The Balaban J connectivity index is 3.41. The molecule has 0 bridgehead atoms. The summed E-state index contributed by atoms with van der Waals surface area (Å²) in [5.74, 6) is -0.945. The first-order valence-electron chi connectivity index (χ1n) is 5.21. The number of hydrogen-bond donors (Lipinski definition) is 1. The van der Waals surface area contributed by atoms with E-state index in [0.717, 1.165) is 0 Å². The first kappa shape index (κ1) is 13.5. The molecule has 0 radical (unpaired) electrons. The summed E-state index contributed by atoms with van der Waals surface area (Å²) < 4.78 is 0. The van der Waals surface area contributed by atoms with Crippen LogP contribution in [0.25, 0.3) is 0 Å². The number of carboxylic acids is 1. The lowest BCUT2D eigenvalue weighted by Gasteiger charge is -2.20. The molecule has 0 aliphatic heterocycles. The van der Waals surface area contributed by atoms with Gasteiger partial charge in [-0.15, -0.1) is 0 Å². The number of carboxylic acid groups (broad SMARTS) is 1. The molecule has 0 fully saturated rings. The van der Waals surface area contributed by atoms with Crippen molar-refractivity contribution in [2.24, 2.45) is 0 Å². The van der Waals surface area contributed by atoms with Gasteiger partial charge in [0.25, 0.3) is 0 Å². The van der Waals surface area contributed by atoms with Crippen molar-refractivity contribution >= 4 is 11.8 Å². The fourth-order valence-electron chi connectivity index (χ4n) is 1.69. The molecule has 1 rings (SSSR count). The van der Waals surface area contributed by atoms with Crippen LogP contribution in [0.15, 0.2) is 6.07 Å². The van der Waals surface area contributed by atoms with Crippen molar-refractivity contribution < 1.29 is 9.90 Å². The Bertz CT molecular complexity index is 538. The summed E-state index contributed by atoms with van der Waals surface area (Å²) in [7, 11) is 0. The highest BCUT2D eigenvalue weighted by Crippen LogP contribution is 2.22. The maximum absolute atomic E-state index is 11.2. The zero-order valence-electron chi connectivity index (χ0n) is 10.1. The largest absolute Gasteiger partial charge is 0.478 e. The van der Waals surface area contributed by atoms with Crippen molar-refractivity contribution in [1.82, 2.24) is 4.98 Å². The summed E-state index contributed by atoms with van der Waals surface area (Å²) in [4.78, 5) is 16.7. The molecule has 0 saturated carbocycles. The summed E-state index contributed by atoms with van der Waals surface area (Å²) in [6, 6.07) is 5.45. The molecule has 0 saturated heterocycles. The van der Waals surface area contributed by atoms with E-state index in [-0.39, 0.29) is 24.5 Å². The van der Waals surface area contributed by atoms with Gasteiger partial charge in [0.15, 0.2) is 0 Å². The molecule has 0 aliphatic carbocycles. The quantitative estimate of drug-likeness (QED) is 0.800. The minimum atomic E-state index is -1.11. The number of aryl methyl sites for hydroxylation is 2. The van der Waals surface area contributed by atoms with Crippen LogP contribution >= 0.6 is 0 Å². The molecule has 0 atom stereocenters. The zero-order valence-corrected chi connectivity index (χ0v) is 10.1. The molecule has 18 heavy (non-hydrogen) atoms. The predicted octanol–water partition coefficient (Wildman–Crippen LogP) is 1.25. The van der Waals surface area contributed by atoms with Crippen LogP contribution in [0.1, 0.15) is 21.6 Å². The number of aromatic carboxylic acids is 1. The van der Waals surface area contributed by atoms with Crippen LogP contribution in [0, 0.1) is 36.5 Å². The van der Waals surface area contributed by atoms with Crippen LogP contribution in [0.3, 0.4) is 0 Å². The Kier molecular flexibility index (Phi) is 4.22. The normalized spacial score (nSPS) is 9.33. The van der Waals surface area contributed by atoms with E-state index in [1.54, 1.807) is 19.9 Å². The average molecular weight is 244 g/mol. The fraction of sp³-hybridized carbons (Fsp3) is 0.333. The third-order valence-corrected chi connectivity index (χ3v) is 2.36. The topological polar surface area (TPSA) is 101 Å². The number of aromatic nitrogens is 1. The van der Waals surface area contributed by atoms with Crippen molar-refractivity contribution in [3.63, 3.8) is 0 Å². The van der Waals surface area contributed by atoms with E-state index in [4.69, 9.17) is 10.5 Å². The highest BCUT2D eigenvalue weighted by Gasteiger charge is 2.20. The van der Waals surface area contributed by atoms with Crippen molar-refractivity contribution in [3.05, 3.63) is 22.9 Å². The van der Waals surface area contributed by atoms with E-state index >= 15 is 0 Å². The van der Waals surface area contributed by atoms with Gasteiger partial charge < -0.3 is 10.0 Å². The number of nitrogens with zero attached hydrogens (tertiary/aromatic N) is 4. The Morgan fingerprint density at radius 3 is 2.39 bits per heavy atom. The van der Waals surface area contributed by atoms with E-state index in [9.17, 15) is 9.90 Å². The molecule has 0 aliphatic rings. The molecule has 1 aromatic rings. The summed E-state index contributed by atoms with van der Waals surface area (Å²) in [6.45, 7) is 3.24. The van der Waals surface area contributed by atoms with Crippen LogP contribution in [0.4, 0.5) is 5.82 Å². The highest BCUT2D eigenvalue weighted by molar-refractivity contribution is 5.95. The van der Waals surface area contributed by atoms with Gasteiger partial charge in [0.2, 0.25) is 0 Å². The predicted molar refractivity (Wildman–Crippen MR) is 64.1 cm³/mol. The standard InChI is InChI=1S/C12H12N4O2/c1-8-7-9(2)15-11(10(8)12(17)18)16(5-3-13)6-4-14/h7H,5-6H2,1-2H3,(H,17,18). The van der Waals surface area contributed by atoms with Crippen molar-refractivity contribution in [1.29, 1.82) is 10.5 Å². The molecule has 1 aromatic heterocycles. The van der Waals surface area contributed by atoms with Crippen LogP contribution in [-0.4, -0.2) is 29.1 Å². The van der Waals surface area contributed by atoms with Gasteiger partial charge in [0.05, 0.1) is 12.1 Å². The molecular weight excluding hydrogens is 232 g/mol. The van der Waals surface area contributed by atoms with Gasteiger partial charge in [-0.2, -0.15) is 10.5 Å². The third kappa shape index (κ3) is 2.74. The van der Waals surface area contributed by atoms with Gasteiger partial charge in [0.1, 0.15) is 24.5 Å². The van der Waals surface area contributed by atoms with Crippen LogP contribution in [0.5, 0.6) is 0 Å². The second kappa shape index (κ2) is 5.65. The Hall–Kier alpha value is -2.60. The fourth-order valence-corrected chi connectivity index (χ4v) is 1.69. The molecule has 0 spiro atoms. The maximum atomic E-state index is 11.2. The number of rotatable bonds is 4. The number of anilines is 1. The Morgan fingerprint density at radius 1 is 1.39 bits per heavy atom. The molecule has 0 amide bonds. The zero-order chi connectivity index (χ0) is 13.7. The van der Waals surface area contributed by atoms with Gasteiger partial charge in [-0.05, 0) is 25.5 Å². The van der Waals surface area contributed by atoms with Crippen molar-refractivity contribution in [3.8, 4) is 12.1 Å². The van der Waals surface area contributed by atoms with E-state index < -0.39 is 5.97 Å². The minimum Gasteiger partial charge on any atom is -0.478 e. The van der Waals surface area contributed by atoms with Crippen LogP contribution in [0.2, 0.25) is 0 Å². The van der Waals surface area contributed by atoms with Crippen molar-refractivity contribution in [2.45, 2.75) is 13.8 Å². The lowest BCUT2D eigenvalue weighted by molar-refractivity contribution is 0.0696. The molecule has 0 unspecified atom stereocenters. The third-order valence-electron chi connectivity index (χ3n) is 2.36. The number of hydrogen-bond acceptors (Lipinski definition) is 5. The van der Waals surface area contributed by atoms with Gasteiger partial charge in [-0.3, -0.25) is 0 Å². The smallest absolute Gasteiger partial charge is 0.339 e. The summed E-state index contributed by atoms with van der Waals surface area (Å²) in [6.07, 6.45) is 0. The first-order chi connectivity index (χ1) is 8.51. The number of nitriles is 2. The van der Waals surface area contributed by atoms with E-state index in [1.807, 2.05) is 12.1 Å². The molecule has 1 heterocycles. The minimum absolute atomic E-state index is 0.0334. The molecule has 6 nitrogen and oxygen atoms in total. The summed E-state index contributed by atoms with van der Waals surface area (Å²) in [5, 5.41) is 26.6. The molecule has 0 aromatic carbocycles. The first-order valence-corrected chi connectivity index (χ1v) is 5.21. The van der Waals surface area contributed by atoms with E-state index in [2.05, 4.69) is 4.98 Å². The highest BCUT2D eigenvalue weighted by atomic mass is 16.4. The van der Waals surface area contributed by atoms with Gasteiger partial charge in [-0.1, -0.05) is 0 Å². The second-order valence-electron chi connectivity index (χ2n) is 3.76. The van der Waals surface area contributed by atoms with E-state index in [1.165, 1.54) is 4.90 Å². The molecule has 6 heteroatoms. The molecule has 92 valence electrons. The Labute approximate surface area is 105 Å². The summed E-state index contributed by atoms with van der Waals surface area (Å²) in [5.41, 5.74) is 1.24. The van der Waals surface area contributed by atoms with Crippen LogP contribution in [-0.2, 0) is 0 Å². The monoisotopic (exact) mass is 244 g/mol. The van der Waals surface area contributed by atoms with Crippen molar-refractivity contribution in [2.75, 3.05) is 18.0 Å². The second-order valence-corrected chi connectivity index (χ2v) is 3.76. The van der Waals surface area contributed by atoms with Gasteiger partial charge in [-0.25, -0.2) is 9.78 Å². The Morgan fingerprint density at radius 2 is 1.94 bits per heavy atom. The van der Waals surface area contributed by atoms with Gasteiger partial charge >= 0.3 is 5.97 Å². The SMILES string of the molecule is Cc1cc(C)c(C(=O)O)c(N(CC#N)CC#N)n1. The van der Waals surface area contributed by atoms with Gasteiger partial charge in [0, 0.05) is 5.69 Å². The van der Waals surface area contributed by atoms with E-state index in [0.29, 0.717) is 11.3 Å². The lowest BCUT2D eigenvalue weighted by Crippen LogP contribution is -2.27. The molecule has 1 N–H and O–H groups in total. The van der Waals surface area contributed by atoms with Crippen LogP contribution < -0.4 is 4.90 Å². The number of pyridine rings is 1. The maximum Gasteiger partial charge on any atom is 0.339 e. The summed E-state index contributed by atoms with van der Waals surface area (Å²) >= 11 is 0. The molecular formula is C12H12N4O2. The average Bonchev–Trinajstić information content (AvgIpc) is 2.26.